The molecule has 22 heteroatoms. The number of aliphatic hydroxyl groups is 2. The van der Waals surface area contributed by atoms with Crippen molar-refractivity contribution in [3.05, 3.63) is 244 Å². The fourth-order valence-electron chi connectivity index (χ4n) is 15.9. The summed E-state index contributed by atoms with van der Waals surface area (Å²) < 4.78 is 16.7. The molecule has 535 valence electrons. The molecule has 1 atom stereocenters. The summed E-state index contributed by atoms with van der Waals surface area (Å²) in [6.07, 6.45) is 10.3. The summed E-state index contributed by atoms with van der Waals surface area (Å²) in [4.78, 5) is 75.8. The number of benzene rings is 6. The van der Waals surface area contributed by atoms with Crippen molar-refractivity contribution in [1.29, 1.82) is 0 Å². The molecule has 19 rings (SSSR count). The summed E-state index contributed by atoms with van der Waals surface area (Å²) in [6.45, 7) is 16.3. The van der Waals surface area contributed by atoms with Gasteiger partial charge in [0.05, 0.1) is 72.8 Å². The van der Waals surface area contributed by atoms with E-state index in [4.69, 9.17) is 25.9 Å². The number of hydrogen-bond acceptors (Lipinski definition) is 14. The molecule has 6 aromatic heterocycles. The number of aromatic nitrogens is 8. The first-order valence-corrected chi connectivity index (χ1v) is 37.6. The van der Waals surface area contributed by atoms with Gasteiger partial charge in [-0.3, -0.25) is 29.0 Å². The van der Waals surface area contributed by atoms with E-state index in [0.29, 0.717) is 58.7 Å². The normalized spacial score (nSPS) is 22.7. The molecule has 0 spiro atoms. The number of amides is 4. The zero-order valence-corrected chi connectivity index (χ0v) is 64.5. The molecule has 5 fully saturated rings. The van der Waals surface area contributed by atoms with E-state index in [9.17, 15) is 29.4 Å². The van der Waals surface area contributed by atoms with E-state index in [0.717, 1.165) is 119 Å². The van der Waals surface area contributed by atoms with E-state index >= 15 is 0 Å². The number of carbonyl (C=O) groups is 4. The minimum Gasteiger partial charge on any atom is -0.399 e. The molecular formula is C84H79BClIN10O8V. The predicted octanol–water partition coefficient (Wildman–Crippen LogP) is 15.9. The molecule has 1 unspecified atom stereocenters. The summed E-state index contributed by atoms with van der Waals surface area (Å²) in [5.41, 5.74) is 10.2. The average molecular weight is 1580 g/mol. The summed E-state index contributed by atoms with van der Waals surface area (Å²) in [7, 11) is -0.487. The number of imide groups is 2. The van der Waals surface area contributed by atoms with Crippen LogP contribution in [0.25, 0.3) is 66.9 Å². The van der Waals surface area contributed by atoms with Crippen molar-refractivity contribution in [2.75, 3.05) is 0 Å². The molecule has 1 saturated heterocycles. The van der Waals surface area contributed by atoms with Crippen LogP contribution in [0.3, 0.4) is 0 Å². The largest absolute Gasteiger partial charge is 0.494 e. The van der Waals surface area contributed by atoms with Crippen LogP contribution in [-0.4, -0.2) is 116 Å². The van der Waals surface area contributed by atoms with Gasteiger partial charge >= 0.3 is 7.12 Å². The Morgan fingerprint density at radius 1 is 0.519 bits per heavy atom. The van der Waals surface area contributed by atoms with E-state index in [-0.39, 0.29) is 54.0 Å². The molecule has 7 aliphatic rings. The monoisotopic (exact) mass is 1580 g/mol. The van der Waals surface area contributed by atoms with Crippen LogP contribution < -0.4 is 5.46 Å². The van der Waals surface area contributed by atoms with Crippen molar-refractivity contribution >= 4 is 104 Å². The van der Waals surface area contributed by atoms with E-state index in [2.05, 4.69) is 79.8 Å². The van der Waals surface area contributed by atoms with Crippen LogP contribution in [0, 0.1) is 25.7 Å². The Balaban J connectivity index is 0.000000130. The van der Waals surface area contributed by atoms with Crippen LogP contribution in [0.2, 0.25) is 5.15 Å². The maximum Gasteiger partial charge on any atom is 0.494 e. The summed E-state index contributed by atoms with van der Waals surface area (Å²) in [6, 6.07) is 57.8. The van der Waals surface area contributed by atoms with Gasteiger partial charge in [0.1, 0.15) is 5.15 Å². The van der Waals surface area contributed by atoms with Crippen molar-refractivity contribution in [2.45, 2.75) is 151 Å². The fourth-order valence-corrected chi connectivity index (χ4v) is 16.2. The molecule has 6 aromatic carbocycles. The second-order valence-corrected chi connectivity index (χ2v) is 32.9. The van der Waals surface area contributed by atoms with Crippen molar-refractivity contribution < 1.29 is 57.3 Å². The fraction of sp³-hybridized carbons (Fsp3) is 0.310. The van der Waals surface area contributed by atoms with Crippen molar-refractivity contribution in [3.8, 4) is 33.5 Å². The number of carbonyl (C=O) groups excluding carboxylic acids is 4. The van der Waals surface area contributed by atoms with Crippen LogP contribution in [-0.2, 0) is 38.9 Å². The predicted molar refractivity (Wildman–Crippen MR) is 414 cm³/mol. The van der Waals surface area contributed by atoms with Gasteiger partial charge in [0, 0.05) is 100 Å². The molecule has 3 aliphatic heterocycles. The Labute approximate surface area is 645 Å². The van der Waals surface area contributed by atoms with Gasteiger partial charge in [0.15, 0.2) is 22.6 Å². The van der Waals surface area contributed by atoms with Gasteiger partial charge < -0.3 is 19.5 Å². The van der Waals surface area contributed by atoms with E-state index < -0.39 is 40.6 Å². The van der Waals surface area contributed by atoms with Gasteiger partial charge in [-0.2, -0.15) is 19.2 Å². The molecule has 4 aliphatic carbocycles. The van der Waals surface area contributed by atoms with Gasteiger partial charge in [-0.15, -0.1) is 0 Å². The smallest absolute Gasteiger partial charge is 0.399 e. The van der Waals surface area contributed by atoms with Gasteiger partial charge in [-0.05, 0) is 150 Å². The van der Waals surface area contributed by atoms with Crippen LogP contribution in [0.1, 0.15) is 163 Å². The third kappa shape index (κ3) is 12.7. The molecule has 18 nitrogen and oxygen atoms in total. The second kappa shape index (κ2) is 27.4. The summed E-state index contributed by atoms with van der Waals surface area (Å²) in [5.74, 6) is -0.700. The van der Waals surface area contributed by atoms with Crippen molar-refractivity contribution in [3.63, 3.8) is 0 Å². The third-order valence-corrected chi connectivity index (χ3v) is 23.8. The number of aryl methyl sites for hydroxylation is 2. The van der Waals surface area contributed by atoms with E-state index in [1.807, 2.05) is 169 Å². The Morgan fingerprint density at radius 3 is 1.28 bits per heavy atom. The first-order chi connectivity index (χ1) is 50.3. The second-order valence-electron chi connectivity index (χ2n) is 30.4. The Bertz CT molecular complexity index is 5380. The number of hydrogen-bond donors (Lipinski definition) is 2. The van der Waals surface area contributed by atoms with Crippen LogP contribution >= 0.6 is 34.2 Å². The SMILES string of the molecule is CC1(C)OB(c2ccc(C3(N4C(=O)c5ccccc5C4=O)CC(O)(C4CC4)C3)cc2)OC1(C)C.CCC(C)I.Cc1cc2ncc3cc(-c4ccccc4)c(-c4ccc(C5(N6C(=O)c7ccccc7C6=O)CC(O)(C6CC6)C5)cc4)nc3n2n1.Cc1cc2ncc3cc(-c4ccccc4)c(Cl)nc3n2n1.[V]. The number of halogens is 2. The maximum absolute atomic E-state index is 13.7. The molecule has 12 aromatic rings. The quantitative estimate of drug-likeness (QED) is 0.0405. The topological polar surface area (TPSA) is 220 Å². The van der Waals surface area contributed by atoms with E-state index in [1.54, 1.807) is 57.6 Å². The Hall–Kier alpha value is -8.83. The van der Waals surface area contributed by atoms with Crippen LogP contribution in [0.4, 0.5) is 0 Å². The number of alkyl halides is 1. The maximum atomic E-state index is 13.7. The number of nitrogens with zero attached hydrogens (tertiary/aromatic N) is 10. The van der Waals surface area contributed by atoms with Gasteiger partial charge in [-0.1, -0.05) is 181 Å². The minimum absolute atomic E-state index is 0. The Morgan fingerprint density at radius 2 is 0.887 bits per heavy atom. The van der Waals surface area contributed by atoms with Crippen molar-refractivity contribution in [2.24, 2.45) is 11.8 Å². The van der Waals surface area contributed by atoms with Crippen molar-refractivity contribution in [1.82, 2.24) is 49.0 Å². The van der Waals surface area contributed by atoms with E-state index in [1.165, 1.54) is 16.2 Å². The summed E-state index contributed by atoms with van der Waals surface area (Å²) in [5, 5.41) is 34.1. The van der Waals surface area contributed by atoms with Gasteiger partial charge in [-0.25, -0.2) is 19.9 Å². The molecule has 9 heterocycles. The number of rotatable bonds is 11. The zero-order valence-electron chi connectivity index (χ0n) is 60.2. The van der Waals surface area contributed by atoms with Crippen LogP contribution in [0.5, 0.6) is 0 Å². The molecule has 4 saturated carbocycles. The van der Waals surface area contributed by atoms with Gasteiger partial charge in [0.2, 0.25) is 0 Å². The first kappa shape index (κ1) is 72.7. The number of pyridine rings is 2. The first-order valence-electron chi connectivity index (χ1n) is 36.0. The zero-order chi connectivity index (χ0) is 73.3. The average Bonchev–Trinajstić information content (AvgIpc) is 1.48. The third-order valence-electron chi connectivity index (χ3n) is 22.6. The summed E-state index contributed by atoms with van der Waals surface area (Å²) >= 11 is 8.78. The number of fused-ring (bicyclic) bond motifs is 8. The molecular weight excluding hydrogens is 1500 g/mol. The molecule has 106 heavy (non-hydrogen) atoms. The Kier molecular flexibility index (Phi) is 18.8. The minimum atomic E-state index is -0.924. The van der Waals surface area contributed by atoms with Crippen LogP contribution in [0.15, 0.2) is 194 Å². The molecule has 4 amide bonds. The molecule has 1 radical (unpaired) electrons. The molecule has 0 bridgehead atoms. The standard InChI is InChI=1S/C37H29N5O3.C27H30BNO5.C16H11ClN4.C4H9I.V/c1-22-17-31-38-19-25-18-30(23-7-3-2-4-8-23)32(39-33(25)42(31)40-22)24-11-13-26(14-12-24)36(20-37(45,21-36)27-15-16-27)41-34(43)28-9-5-6-10-29(28)35(41)44;1-24(2)25(3,4)34-28(33-24)19-13-11-17(12-14-19)26(15-27(32,16-26)18-9-10-18)29-22(30)20-7-5-6-8-21(20)23(29)31;1-10-7-14-18-9-12-8-13(11-5-3-2-4-6-11)15(17)19-16(12)21(14)20-10;1-3-4(2)5;/h2-14,17-19,27,45H,15-16,20-21H2,1H3;5-8,11-14,18,32H,9-10,15-16H2,1-4H3;2-9H,1H3;4H,3H2,1-2H3;. The molecule has 2 N–H and O–H groups in total. The van der Waals surface area contributed by atoms with Gasteiger partial charge in [0.25, 0.3) is 23.6 Å².